The van der Waals surface area contributed by atoms with Crippen LogP contribution in [0.4, 0.5) is 11.4 Å². The molecule has 0 saturated heterocycles. The predicted molar refractivity (Wildman–Crippen MR) is 189 cm³/mol. The number of para-hydroxylation sites is 3. The molecule has 0 saturated carbocycles. The van der Waals surface area contributed by atoms with Crippen molar-refractivity contribution in [1.82, 2.24) is 4.57 Å². The summed E-state index contributed by atoms with van der Waals surface area (Å²) in [7, 11) is 0. The fraction of sp³-hybridized carbons (Fsp3) is 0. The zero-order valence-electron chi connectivity index (χ0n) is 24.4. The van der Waals surface area contributed by atoms with E-state index in [1.54, 1.807) is 0 Å². The number of hydrogen-bond acceptors (Lipinski definition) is 2. The third-order valence-corrected chi connectivity index (χ3v) is 8.77. The van der Waals surface area contributed by atoms with Crippen LogP contribution in [0.25, 0.3) is 71.7 Å². The summed E-state index contributed by atoms with van der Waals surface area (Å²) in [5.41, 5.74) is 12.1. The van der Waals surface area contributed by atoms with Crippen LogP contribution in [0.3, 0.4) is 0 Å². The second-order valence-electron chi connectivity index (χ2n) is 11.4. The smallest absolute Gasteiger partial charge is 0.137 e. The molecule has 0 aliphatic heterocycles. The van der Waals surface area contributed by atoms with Gasteiger partial charge in [0.15, 0.2) is 0 Å². The number of aromatic nitrogens is 1. The Kier molecular flexibility index (Phi) is 5.82. The van der Waals surface area contributed by atoms with Gasteiger partial charge >= 0.3 is 0 Å². The molecule has 0 spiro atoms. The van der Waals surface area contributed by atoms with E-state index in [-0.39, 0.29) is 0 Å². The van der Waals surface area contributed by atoms with Crippen LogP contribution in [0.1, 0.15) is 0 Å². The molecule has 45 heavy (non-hydrogen) atoms. The Balaban J connectivity index is 1.22. The van der Waals surface area contributed by atoms with Crippen molar-refractivity contribution in [3.63, 3.8) is 0 Å². The lowest BCUT2D eigenvalue weighted by Crippen LogP contribution is -1.94. The van der Waals surface area contributed by atoms with Crippen molar-refractivity contribution in [2.75, 3.05) is 5.32 Å². The minimum Gasteiger partial charge on any atom is -0.456 e. The molecule has 212 valence electrons. The van der Waals surface area contributed by atoms with Gasteiger partial charge in [0, 0.05) is 44.7 Å². The molecule has 0 unspecified atom stereocenters. The normalized spacial score (nSPS) is 11.6. The van der Waals surface area contributed by atoms with Gasteiger partial charge in [0.2, 0.25) is 0 Å². The van der Waals surface area contributed by atoms with Crippen LogP contribution in [0.5, 0.6) is 0 Å². The van der Waals surface area contributed by atoms with Crippen LogP contribution in [0.15, 0.2) is 168 Å². The number of furan rings is 1. The fourth-order valence-corrected chi connectivity index (χ4v) is 6.78. The minimum atomic E-state index is 0.877. The topological polar surface area (TPSA) is 30.1 Å². The highest BCUT2D eigenvalue weighted by atomic mass is 16.3. The second-order valence-corrected chi connectivity index (χ2v) is 11.4. The van der Waals surface area contributed by atoms with E-state index in [1.165, 1.54) is 44.1 Å². The van der Waals surface area contributed by atoms with Crippen molar-refractivity contribution < 1.29 is 4.42 Å². The summed E-state index contributed by atoms with van der Waals surface area (Å²) in [5.74, 6) is 0. The van der Waals surface area contributed by atoms with Gasteiger partial charge in [0.25, 0.3) is 0 Å². The minimum absolute atomic E-state index is 0.877. The largest absolute Gasteiger partial charge is 0.456 e. The van der Waals surface area contributed by atoms with Gasteiger partial charge in [0.1, 0.15) is 11.2 Å². The highest BCUT2D eigenvalue weighted by Gasteiger charge is 2.18. The van der Waals surface area contributed by atoms with Gasteiger partial charge in [-0.05, 0) is 76.9 Å². The van der Waals surface area contributed by atoms with Crippen LogP contribution >= 0.6 is 0 Å². The third kappa shape index (κ3) is 4.21. The number of nitrogens with zero attached hydrogens (tertiary/aromatic N) is 1. The van der Waals surface area contributed by atoms with E-state index in [2.05, 4.69) is 162 Å². The third-order valence-electron chi connectivity index (χ3n) is 8.77. The van der Waals surface area contributed by atoms with Gasteiger partial charge in [-0.25, -0.2) is 0 Å². The lowest BCUT2D eigenvalue weighted by Gasteiger charge is -2.15. The van der Waals surface area contributed by atoms with Crippen LogP contribution in [-0.4, -0.2) is 4.57 Å². The molecule has 7 aromatic carbocycles. The average Bonchev–Trinajstić information content (AvgIpc) is 3.64. The molecular formula is C42H28N2O. The molecule has 0 fully saturated rings. The first kappa shape index (κ1) is 25.4. The predicted octanol–water partition coefficient (Wildman–Crippen LogP) is 11.8. The maximum absolute atomic E-state index is 6.17. The Hall–Kier alpha value is -6.06. The number of fused-ring (bicyclic) bond motifs is 6. The monoisotopic (exact) mass is 576 g/mol. The molecule has 3 heteroatoms. The zero-order valence-corrected chi connectivity index (χ0v) is 24.4. The highest BCUT2D eigenvalue weighted by Crippen LogP contribution is 2.43. The quantitative estimate of drug-likeness (QED) is 0.221. The number of benzene rings is 7. The molecule has 2 aromatic heterocycles. The van der Waals surface area contributed by atoms with E-state index in [4.69, 9.17) is 4.42 Å². The average molecular weight is 577 g/mol. The molecule has 3 nitrogen and oxygen atoms in total. The lowest BCUT2D eigenvalue weighted by molar-refractivity contribution is 0.669. The molecule has 0 bridgehead atoms. The number of nitrogens with one attached hydrogen (secondary N) is 1. The zero-order chi connectivity index (χ0) is 29.7. The number of anilines is 2. The van der Waals surface area contributed by atoms with Crippen LogP contribution in [0.2, 0.25) is 0 Å². The SMILES string of the molecule is c1ccc(-c2cc(Nc3ccc4c(c3)oc3ccccc34)ccc2-c2cccc3c2c2ccccc2n3-c2ccccc2)cc1. The fourth-order valence-electron chi connectivity index (χ4n) is 6.78. The van der Waals surface area contributed by atoms with Crippen LogP contribution < -0.4 is 5.32 Å². The van der Waals surface area contributed by atoms with Gasteiger partial charge < -0.3 is 14.3 Å². The second kappa shape index (κ2) is 10.3. The molecule has 1 N–H and O–H groups in total. The Bertz CT molecular complexity index is 2510. The van der Waals surface area contributed by atoms with Crippen molar-refractivity contribution in [2.45, 2.75) is 0 Å². The molecule has 9 rings (SSSR count). The van der Waals surface area contributed by atoms with Crippen molar-refractivity contribution in [2.24, 2.45) is 0 Å². The summed E-state index contributed by atoms with van der Waals surface area (Å²) >= 11 is 0. The van der Waals surface area contributed by atoms with Gasteiger partial charge in [-0.2, -0.15) is 0 Å². The van der Waals surface area contributed by atoms with E-state index in [0.717, 1.165) is 39.0 Å². The summed E-state index contributed by atoms with van der Waals surface area (Å²) in [5, 5.41) is 8.42. The van der Waals surface area contributed by atoms with E-state index < -0.39 is 0 Å². The molecule has 0 amide bonds. The summed E-state index contributed by atoms with van der Waals surface area (Å²) in [6.07, 6.45) is 0. The molecule has 9 aromatic rings. The van der Waals surface area contributed by atoms with Crippen molar-refractivity contribution in [3.05, 3.63) is 164 Å². The van der Waals surface area contributed by atoms with Crippen molar-refractivity contribution in [3.8, 4) is 27.9 Å². The maximum atomic E-state index is 6.17. The summed E-state index contributed by atoms with van der Waals surface area (Å²) in [6, 6.07) is 57.9. The van der Waals surface area contributed by atoms with Gasteiger partial charge in [0.05, 0.1) is 11.0 Å². The van der Waals surface area contributed by atoms with Crippen LogP contribution in [-0.2, 0) is 0 Å². The highest BCUT2D eigenvalue weighted by molar-refractivity contribution is 6.17. The first-order valence-corrected chi connectivity index (χ1v) is 15.3. The molecule has 2 heterocycles. The molecular weight excluding hydrogens is 548 g/mol. The summed E-state index contributed by atoms with van der Waals surface area (Å²) in [4.78, 5) is 0. The first-order chi connectivity index (χ1) is 22.3. The lowest BCUT2D eigenvalue weighted by atomic mass is 9.91. The van der Waals surface area contributed by atoms with E-state index >= 15 is 0 Å². The standard InChI is InChI=1S/C42H28N2O/c1-3-12-28(13-4-1)37-26-29(43-30-23-25-34-33-16-8-10-21-40(33)45-41(34)27-30)22-24-32(37)35-18-11-20-39-42(35)36-17-7-9-19-38(36)44(39)31-14-5-2-6-15-31/h1-27,43H. The summed E-state index contributed by atoms with van der Waals surface area (Å²) in [6.45, 7) is 0. The van der Waals surface area contributed by atoms with Gasteiger partial charge in [-0.1, -0.05) is 103 Å². The van der Waals surface area contributed by atoms with E-state index in [9.17, 15) is 0 Å². The Morgan fingerprint density at radius 2 is 1.09 bits per heavy atom. The molecule has 0 atom stereocenters. The Morgan fingerprint density at radius 3 is 1.96 bits per heavy atom. The molecule has 0 aliphatic rings. The van der Waals surface area contributed by atoms with Gasteiger partial charge in [-0.15, -0.1) is 0 Å². The Morgan fingerprint density at radius 1 is 0.422 bits per heavy atom. The number of hydrogen-bond donors (Lipinski definition) is 1. The van der Waals surface area contributed by atoms with E-state index in [1.807, 2.05) is 12.1 Å². The first-order valence-electron chi connectivity index (χ1n) is 15.3. The maximum Gasteiger partial charge on any atom is 0.137 e. The molecule has 0 radical (unpaired) electrons. The van der Waals surface area contributed by atoms with Crippen LogP contribution in [0, 0.1) is 0 Å². The molecule has 0 aliphatic carbocycles. The van der Waals surface area contributed by atoms with Crippen molar-refractivity contribution >= 4 is 55.1 Å². The Labute approximate surface area is 260 Å². The van der Waals surface area contributed by atoms with Gasteiger partial charge in [-0.3, -0.25) is 0 Å². The van der Waals surface area contributed by atoms with E-state index in [0.29, 0.717) is 0 Å². The number of rotatable bonds is 5. The summed E-state index contributed by atoms with van der Waals surface area (Å²) < 4.78 is 8.54. The van der Waals surface area contributed by atoms with Crippen molar-refractivity contribution in [1.29, 1.82) is 0 Å².